The van der Waals surface area contributed by atoms with E-state index in [4.69, 9.17) is 4.98 Å². The number of fused-ring (bicyclic) bond motifs is 3. The van der Waals surface area contributed by atoms with E-state index in [9.17, 15) is 0 Å². The van der Waals surface area contributed by atoms with Gasteiger partial charge in [0, 0.05) is 32.8 Å². The van der Waals surface area contributed by atoms with Crippen molar-refractivity contribution >= 4 is 67.7 Å². The van der Waals surface area contributed by atoms with Crippen molar-refractivity contribution < 1.29 is 21.1 Å². The maximum absolute atomic E-state index is 5.16. The maximum atomic E-state index is 5.16. The number of para-hydroxylation sites is 3. The van der Waals surface area contributed by atoms with Crippen molar-refractivity contribution in [3.05, 3.63) is 242 Å². The van der Waals surface area contributed by atoms with E-state index in [0.29, 0.717) is 11.8 Å². The molecule has 66 heavy (non-hydrogen) atoms. The van der Waals surface area contributed by atoms with E-state index in [0.717, 1.165) is 49.7 Å². The van der Waals surface area contributed by atoms with Crippen molar-refractivity contribution in [3.8, 4) is 16.9 Å². The maximum Gasteiger partial charge on any atom is 0.295 e. The number of pyridine rings is 1. The number of rotatable bonds is 13. The van der Waals surface area contributed by atoms with Gasteiger partial charge in [0.25, 0.3) is 6.67 Å². The summed E-state index contributed by atoms with van der Waals surface area (Å²) in [5.74, 6) is 1.61. The Hall–Kier alpha value is -6.91. The first kappa shape index (κ1) is 44.3. The van der Waals surface area contributed by atoms with Crippen LogP contribution < -0.4 is 31.0 Å². The normalized spacial score (nSPS) is 11.5. The van der Waals surface area contributed by atoms with Gasteiger partial charge in [0.15, 0.2) is 0 Å². The average molecular weight is 1050 g/mol. The Morgan fingerprint density at radius 3 is 1.79 bits per heavy atom. The van der Waals surface area contributed by atoms with Gasteiger partial charge < -0.3 is 4.57 Å². The Kier molecular flexibility index (Phi) is 12.9. The van der Waals surface area contributed by atoms with Crippen LogP contribution in [0.25, 0.3) is 38.8 Å². The largest absolute Gasteiger partial charge is 0.319 e. The third kappa shape index (κ3) is 8.19. The number of hydrogen-bond acceptors (Lipinski definition) is 3. The Labute approximate surface area is 404 Å². The zero-order valence-electron chi connectivity index (χ0n) is 37.6. The minimum Gasteiger partial charge on any atom is -0.319 e. The molecule has 0 aliphatic carbocycles. The van der Waals surface area contributed by atoms with Gasteiger partial charge in [0.05, 0.1) is 11.4 Å². The summed E-state index contributed by atoms with van der Waals surface area (Å²) >= 11 is 0. The number of aromatic nitrogens is 2. The average Bonchev–Trinajstić information content (AvgIpc) is 3.69. The van der Waals surface area contributed by atoms with Gasteiger partial charge in [-0.05, 0) is 98.0 Å². The fraction of sp³-hybridized carbons (Fsp3) is 0.100. The number of benzene rings is 8. The van der Waals surface area contributed by atoms with Crippen molar-refractivity contribution in [1.82, 2.24) is 9.55 Å². The van der Waals surface area contributed by atoms with Crippen molar-refractivity contribution in [2.75, 3.05) is 10.2 Å². The molecule has 4 nitrogen and oxygen atoms in total. The van der Waals surface area contributed by atoms with Gasteiger partial charge in [-0.15, -0.1) is 11.5 Å². The SMILES string of the molecule is CC(C)c1cccc(C(C)C)c1-c1ccnc(-n2c3[c-]c([Si](c4[c-]c(N([CH+]Nc5ccccc5)c5ccccc5)ccc4)(c4ccccc4)c4ccccc4)ccc3c3ccccc32)c1.[Pt]. The smallest absolute Gasteiger partial charge is 0.295 e. The van der Waals surface area contributed by atoms with Gasteiger partial charge >= 0.3 is 0 Å². The van der Waals surface area contributed by atoms with Crippen LogP contribution in [0.5, 0.6) is 0 Å². The molecular formula is C60H51N4PtSi-. The molecule has 10 rings (SSSR count). The molecule has 8 aromatic carbocycles. The van der Waals surface area contributed by atoms with Gasteiger partial charge in [-0.25, -0.2) is 10.3 Å². The number of anilines is 3. The van der Waals surface area contributed by atoms with Gasteiger partial charge in [-0.1, -0.05) is 167 Å². The van der Waals surface area contributed by atoms with Crippen molar-refractivity contribution in [3.63, 3.8) is 0 Å². The zero-order valence-corrected chi connectivity index (χ0v) is 40.9. The first-order chi connectivity index (χ1) is 31.9. The summed E-state index contributed by atoms with van der Waals surface area (Å²) in [5.41, 5.74) is 10.2. The number of nitrogens with one attached hydrogen (secondary N) is 1. The van der Waals surface area contributed by atoms with Crippen LogP contribution in [0.1, 0.15) is 50.7 Å². The summed E-state index contributed by atoms with van der Waals surface area (Å²) < 4.78 is 2.33. The monoisotopic (exact) mass is 1050 g/mol. The third-order valence-corrected chi connectivity index (χ3v) is 17.2. The molecule has 6 heteroatoms. The molecule has 326 valence electrons. The second kappa shape index (κ2) is 19.3. The molecule has 0 saturated carbocycles. The molecule has 0 spiro atoms. The van der Waals surface area contributed by atoms with E-state index in [1.165, 1.54) is 38.0 Å². The van der Waals surface area contributed by atoms with Gasteiger partial charge in [-0.3, -0.25) is 0 Å². The molecule has 1 N–H and O–H groups in total. The fourth-order valence-corrected chi connectivity index (χ4v) is 14.2. The van der Waals surface area contributed by atoms with Gasteiger partial charge in [0.2, 0.25) is 0 Å². The van der Waals surface area contributed by atoms with Crippen LogP contribution in [0, 0.1) is 18.8 Å². The summed E-state index contributed by atoms with van der Waals surface area (Å²) in [6.45, 7) is 11.2. The molecule has 0 saturated heterocycles. The van der Waals surface area contributed by atoms with Gasteiger partial charge in [-0.2, -0.15) is 51.7 Å². The molecule has 0 amide bonds. The topological polar surface area (TPSA) is 33.1 Å². The second-order valence-corrected chi connectivity index (χ2v) is 21.0. The Morgan fingerprint density at radius 1 is 0.561 bits per heavy atom. The summed E-state index contributed by atoms with van der Waals surface area (Å²) in [4.78, 5) is 7.35. The van der Waals surface area contributed by atoms with Crippen LogP contribution in [-0.2, 0) is 21.1 Å². The number of nitrogens with zero attached hydrogens (tertiary/aromatic N) is 3. The van der Waals surface area contributed by atoms with Crippen LogP contribution >= 0.6 is 0 Å². The Balaban J connectivity index is 0.00000548. The Morgan fingerprint density at radius 2 is 1.14 bits per heavy atom. The van der Waals surface area contributed by atoms with E-state index in [-0.39, 0.29) is 21.1 Å². The summed E-state index contributed by atoms with van der Waals surface area (Å²) in [7, 11) is -3.16. The fourth-order valence-electron chi connectivity index (χ4n) is 9.60. The van der Waals surface area contributed by atoms with E-state index < -0.39 is 8.07 Å². The molecule has 0 bridgehead atoms. The molecule has 0 radical (unpaired) electrons. The van der Waals surface area contributed by atoms with Crippen LogP contribution in [0.15, 0.2) is 212 Å². The predicted molar refractivity (Wildman–Crippen MR) is 276 cm³/mol. The first-order valence-corrected chi connectivity index (χ1v) is 24.6. The quantitative estimate of drug-likeness (QED) is 0.0710. The summed E-state index contributed by atoms with van der Waals surface area (Å²) in [5, 5.41) is 10.6. The van der Waals surface area contributed by atoms with Crippen molar-refractivity contribution in [2.45, 2.75) is 39.5 Å². The van der Waals surface area contributed by atoms with E-state index in [1.54, 1.807) is 0 Å². The molecular weight excluding hydrogens is 1000 g/mol. The van der Waals surface area contributed by atoms with Crippen LogP contribution in [0.3, 0.4) is 0 Å². The summed E-state index contributed by atoms with van der Waals surface area (Å²) in [6, 6.07) is 82.3. The van der Waals surface area contributed by atoms with Crippen LogP contribution in [0.2, 0.25) is 0 Å². The Bertz CT molecular complexity index is 3160. The van der Waals surface area contributed by atoms with Crippen molar-refractivity contribution in [2.24, 2.45) is 0 Å². The minimum absolute atomic E-state index is 0. The molecule has 0 atom stereocenters. The molecule has 0 aliphatic heterocycles. The minimum atomic E-state index is -3.16. The molecule has 0 aliphatic rings. The third-order valence-electron chi connectivity index (χ3n) is 12.6. The first-order valence-electron chi connectivity index (χ1n) is 22.6. The number of hydrogen-bond donors (Lipinski definition) is 1. The van der Waals surface area contributed by atoms with Gasteiger partial charge in [0.1, 0.15) is 13.9 Å². The van der Waals surface area contributed by atoms with E-state index in [2.05, 4.69) is 243 Å². The van der Waals surface area contributed by atoms with Crippen LogP contribution in [0.4, 0.5) is 17.1 Å². The molecule has 2 heterocycles. The van der Waals surface area contributed by atoms with E-state index >= 15 is 0 Å². The predicted octanol–water partition coefficient (Wildman–Crippen LogP) is 12.4. The summed E-state index contributed by atoms with van der Waals surface area (Å²) in [6.07, 6.45) is 1.98. The molecule has 2 aromatic heterocycles. The molecule has 0 fully saturated rings. The molecule has 10 aromatic rings. The van der Waals surface area contributed by atoms with E-state index in [1.807, 2.05) is 31.1 Å². The van der Waals surface area contributed by atoms with Crippen molar-refractivity contribution in [1.29, 1.82) is 0 Å². The zero-order chi connectivity index (χ0) is 44.3. The second-order valence-electron chi connectivity index (χ2n) is 17.3. The molecule has 0 unspecified atom stereocenters. The standard InChI is InChI=1S/C60H51N4Si.Pt/c1-43(2)53-32-20-33-54(44(3)4)60(53)45-37-38-61-59(39-45)64-57-34-18-17-31-55(57)56-36-35-52(41-58(56)64)65(49-26-13-7-14-27-49,50-28-15-8-16-29-50)51-30-19-25-48(40-51)63(47-23-11-6-12-24-47)42-62-46-21-9-5-10-22-46;/h5-39,42-44,62H,1-4H3;/q-1;. The van der Waals surface area contributed by atoms with Crippen LogP contribution in [-0.4, -0.2) is 17.6 Å².